The fourth-order valence-electron chi connectivity index (χ4n) is 2.89. The van der Waals surface area contributed by atoms with Gasteiger partial charge in [-0.25, -0.2) is 9.37 Å². The lowest BCUT2D eigenvalue weighted by molar-refractivity contribution is -0.116. The number of benzene rings is 2. The van der Waals surface area contributed by atoms with Crippen LogP contribution in [0.1, 0.15) is 17.7 Å². The lowest BCUT2D eigenvalue weighted by atomic mass is 10.2. The quantitative estimate of drug-likeness (QED) is 0.525. The number of anilines is 1. The molecule has 2 heterocycles. The predicted octanol–water partition coefficient (Wildman–Crippen LogP) is 5.08. The second-order valence-corrected chi connectivity index (χ2v) is 7.22. The Hall–Kier alpha value is -2.99. The van der Waals surface area contributed by atoms with E-state index in [9.17, 15) is 9.18 Å². The molecule has 0 atom stereocenters. The van der Waals surface area contributed by atoms with Gasteiger partial charge in [-0.05, 0) is 31.0 Å². The largest absolute Gasteiger partial charge is 0.326 e. The van der Waals surface area contributed by atoms with Crippen molar-refractivity contribution < 1.29 is 9.18 Å². The van der Waals surface area contributed by atoms with E-state index < -0.39 is 0 Å². The standard InChI is InChI=1S/C21H18FN3OS/c1-14-7-8-16(11-18(14)22)23-20(26)10-9-17-13-27-21-24-19(12-25(17)21)15-5-3-2-4-6-15/h2-8,11-13H,9-10H2,1H3,(H,23,26). The van der Waals surface area contributed by atoms with Crippen molar-refractivity contribution in [1.82, 2.24) is 9.38 Å². The highest BCUT2D eigenvalue weighted by Crippen LogP contribution is 2.24. The summed E-state index contributed by atoms with van der Waals surface area (Å²) >= 11 is 1.56. The van der Waals surface area contributed by atoms with Gasteiger partial charge in [-0.3, -0.25) is 9.20 Å². The van der Waals surface area contributed by atoms with E-state index in [1.165, 1.54) is 6.07 Å². The Balaban J connectivity index is 1.45. The van der Waals surface area contributed by atoms with Crippen molar-refractivity contribution >= 4 is 27.9 Å². The molecular formula is C21H18FN3OS. The monoisotopic (exact) mass is 379 g/mol. The Morgan fingerprint density at radius 2 is 2.04 bits per heavy atom. The topological polar surface area (TPSA) is 46.4 Å². The maximum absolute atomic E-state index is 13.6. The average Bonchev–Trinajstić information content (AvgIpc) is 3.25. The molecule has 2 aromatic heterocycles. The molecule has 0 fully saturated rings. The SMILES string of the molecule is Cc1ccc(NC(=O)CCc2csc3nc(-c4ccccc4)cn23)cc1F. The van der Waals surface area contributed by atoms with Crippen LogP contribution in [0.4, 0.5) is 10.1 Å². The van der Waals surface area contributed by atoms with Crippen LogP contribution in [0.3, 0.4) is 0 Å². The van der Waals surface area contributed by atoms with Gasteiger partial charge in [0.2, 0.25) is 5.91 Å². The van der Waals surface area contributed by atoms with Gasteiger partial charge in [-0.2, -0.15) is 0 Å². The van der Waals surface area contributed by atoms with E-state index in [1.807, 2.05) is 46.3 Å². The third-order valence-electron chi connectivity index (χ3n) is 4.42. The van der Waals surface area contributed by atoms with Crippen molar-refractivity contribution in [1.29, 1.82) is 0 Å². The molecule has 2 aromatic carbocycles. The summed E-state index contributed by atoms with van der Waals surface area (Å²) in [4.78, 5) is 17.8. The van der Waals surface area contributed by atoms with Crippen LogP contribution in [0, 0.1) is 12.7 Å². The van der Waals surface area contributed by atoms with Crippen LogP contribution in [0.15, 0.2) is 60.1 Å². The number of aromatic nitrogens is 2. The van der Waals surface area contributed by atoms with Crippen molar-refractivity contribution in [2.24, 2.45) is 0 Å². The first-order valence-corrected chi connectivity index (χ1v) is 9.55. The van der Waals surface area contributed by atoms with Crippen LogP contribution in [0.5, 0.6) is 0 Å². The van der Waals surface area contributed by atoms with Crippen molar-refractivity contribution in [2.75, 3.05) is 5.32 Å². The molecule has 0 aliphatic heterocycles. The summed E-state index contributed by atoms with van der Waals surface area (Å²) in [7, 11) is 0. The number of halogens is 1. The number of aryl methyl sites for hydroxylation is 2. The second-order valence-electron chi connectivity index (χ2n) is 6.38. The summed E-state index contributed by atoms with van der Waals surface area (Å²) in [6, 6.07) is 14.7. The normalized spacial score (nSPS) is 11.0. The molecule has 0 aliphatic carbocycles. The highest BCUT2D eigenvalue weighted by molar-refractivity contribution is 7.15. The molecule has 0 unspecified atom stereocenters. The van der Waals surface area contributed by atoms with Gasteiger partial charge in [0.1, 0.15) is 5.82 Å². The molecule has 136 valence electrons. The van der Waals surface area contributed by atoms with Crippen LogP contribution < -0.4 is 5.32 Å². The molecule has 0 spiro atoms. The van der Waals surface area contributed by atoms with E-state index in [0.717, 1.165) is 21.9 Å². The van der Waals surface area contributed by atoms with Crippen LogP contribution >= 0.6 is 11.3 Å². The van der Waals surface area contributed by atoms with E-state index in [2.05, 4.69) is 10.3 Å². The minimum atomic E-state index is -0.320. The Morgan fingerprint density at radius 3 is 2.81 bits per heavy atom. The number of nitrogens with zero attached hydrogens (tertiary/aromatic N) is 2. The fraction of sp³-hybridized carbons (Fsp3) is 0.143. The molecule has 1 N–H and O–H groups in total. The van der Waals surface area contributed by atoms with Gasteiger partial charge in [-0.15, -0.1) is 11.3 Å². The summed E-state index contributed by atoms with van der Waals surface area (Å²) in [6.45, 7) is 1.69. The van der Waals surface area contributed by atoms with Gasteiger partial charge in [0.25, 0.3) is 0 Å². The van der Waals surface area contributed by atoms with Crippen LogP contribution in [-0.2, 0) is 11.2 Å². The minimum absolute atomic E-state index is 0.138. The Morgan fingerprint density at radius 1 is 1.22 bits per heavy atom. The lowest BCUT2D eigenvalue weighted by Crippen LogP contribution is -2.13. The number of rotatable bonds is 5. The number of carbonyl (C=O) groups excluding carboxylic acids is 1. The summed E-state index contributed by atoms with van der Waals surface area (Å²) in [5, 5.41) is 4.77. The zero-order chi connectivity index (χ0) is 18.8. The first-order chi connectivity index (χ1) is 13.1. The molecule has 27 heavy (non-hydrogen) atoms. The molecule has 0 saturated carbocycles. The summed E-state index contributed by atoms with van der Waals surface area (Å²) < 4.78 is 15.6. The van der Waals surface area contributed by atoms with E-state index in [1.54, 1.807) is 30.4 Å². The van der Waals surface area contributed by atoms with Crippen molar-refractivity contribution in [2.45, 2.75) is 19.8 Å². The van der Waals surface area contributed by atoms with Gasteiger partial charge in [0, 0.05) is 34.9 Å². The predicted molar refractivity (Wildman–Crippen MR) is 107 cm³/mol. The number of hydrogen-bond donors (Lipinski definition) is 1. The first kappa shape index (κ1) is 17.4. The number of imidazole rings is 1. The van der Waals surface area contributed by atoms with Crippen molar-refractivity contribution in [3.8, 4) is 11.3 Å². The molecule has 6 heteroatoms. The zero-order valence-corrected chi connectivity index (χ0v) is 15.6. The van der Waals surface area contributed by atoms with Crippen molar-refractivity contribution in [3.05, 3.63) is 77.2 Å². The van der Waals surface area contributed by atoms with Gasteiger partial charge in [-0.1, -0.05) is 36.4 Å². The van der Waals surface area contributed by atoms with Crippen LogP contribution in [-0.4, -0.2) is 15.3 Å². The Bertz CT molecular complexity index is 1100. The molecule has 0 radical (unpaired) electrons. The number of amides is 1. The fourth-order valence-corrected chi connectivity index (χ4v) is 3.80. The molecule has 4 rings (SSSR count). The maximum atomic E-state index is 13.6. The maximum Gasteiger partial charge on any atom is 0.224 e. The highest BCUT2D eigenvalue weighted by atomic mass is 32.1. The Kier molecular flexibility index (Phi) is 4.73. The van der Waals surface area contributed by atoms with Crippen LogP contribution in [0.2, 0.25) is 0 Å². The van der Waals surface area contributed by atoms with Gasteiger partial charge in [0.15, 0.2) is 4.96 Å². The molecule has 0 saturated heterocycles. The van der Waals surface area contributed by atoms with E-state index in [-0.39, 0.29) is 11.7 Å². The zero-order valence-electron chi connectivity index (χ0n) is 14.8. The molecule has 4 nitrogen and oxygen atoms in total. The van der Waals surface area contributed by atoms with Gasteiger partial charge >= 0.3 is 0 Å². The number of carbonyl (C=O) groups is 1. The van der Waals surface area contributed by atoms with Crippen LogP contribution in [0.25, 0.3) is 16.2 Å². The molecule has 1 amide bonds. The van der Waals surface area contributed by atoms with E-state index in [4.69, 9.17) is 0 Å². The number of thiazole rings is 1. The molecule has 4 aromatic rings. The number of fused-ring (bicyclic) bond motifs is 1. The third kappa shape index (κ3) is 3.75. The number of nitrogens with one attached hydrogen (secondary N) is 1. The summed E-state index contributed by atoms with van der Waals surface area (Å²) in [6.07, 6.45) is 2.91. The van der Waals surface area contributed by atoms with Gasteiger partial charge < -0.3 is 5.32 Å². The van der Waals surface area contributed by atoms with Gasteiger partial charge in [0.05, 0.1) is 5.69 Å². The smallest absolute Gasteiger partial charge is 0.224 e. The molecule has 0 aliphatic rings. The lowest BCUT2D eigenvalue weighted by Gasteiger charge is -2.06. The minimum Gasteiger partial charge on any atom is -0.326 e. The summed E-state index contributed by atoms with van der Waals surface area (Å²) in [5.74, 6) is -0.458. The average molecular weight is 379 g/mol. The molecular weight excluding hydrogens is 361 g/mol. The second kappa shape index (κ2) is 7.32. The van der Waals surface area contributed by atoms with Crippen molar-refractivity contribution in [3.63, 3.8) is 0 Å². The highest BCUT2D eigenvalue weighted by Gasteiger charge is 2.11. The number of hydrogen-bond acceptors (Lipinski definition) is 3. The van der Waals surface area contributed by atoms with E-state index >= 15 is 0 Å². The third-order valence-corrected chi connectivity index (χ3v) is 5.31. The van der Waals surface area contributed by atoms with E-state index in [0.29, 0.717) is 24.1 Å². The molecule has 0 bridgehead atoms. The summed E-state index contributed by atoms with van der Waals surface area (Å²) in [5.41, 5.74) is 4.06. The first-order valence-electron chi connectivity index (χ1n) is 8.67. The Labute approximate surface area is 160 Å².